The second-order valence-corrected chi connectivity index (χ2v) is 6.24. The molecule has 0 fully saturated rings. The van der Waals surface area contributed by atoms with Crippen LogP contribution in [0.25, 0.3) is 0 Å². The fourth-order valence-corrected chi connectivity index (χ4v) is 2.37. The zero-order chi connectivity index (χ0) is 18.5. The van der Waals surface area contributed by atoms with Gasteiger partial charge in [0.1, 0.15) is 12.2 Å². The first-order valence-electron chi connectivity index (χ1n) is 7.56. The van der Waals surface area contributed by atoms with E-state index in [-0.39, 0.29) is 25.2 Å². The standard InChI is InChI=1S/C17H21F3O4/c1-11(2)16(24,10-14(21)9-15(22)23)8-7-12-3-5-13(6-4-12)17(18,19)20/h3-6,11,24H,7-10H2,1-2H3,(H,22,23). The molecule has 0 radical (unpaired) electrons. The largest absolute Gasteiger partial charge is 0.481 e. The molecule has 2 N–H and O–H groups in total. The molecule has 0 heterocycles. The third-order valence-electron chi connectivity index (χ3n) is 4.05. The van der Waals surface area contributed by atoms with Crippen LogP contribution in [0.2, 0.25) is 0 Å². The molecule has 4 nitrogen and oxygen atoms in total. The van der Waals surface area contributed by atoms with Crippen LogP contribution in [0, 0.1) is 5.92 Å². The zero-order valence-electron chi connectivity index (χ0n) is 13.6. The highest BCUT2D eigenvalue weighted by atomic mass is 19.4. The predicted octanol–water partition coefficient (Wildman–Crippen LogP) is 3.46. The van der Waals surface area contributed by atoms with Crippen molar-refractivity contribution in [1.82, 2.24) is 0 Å². The average molecular weight is 346 g/mol. The molecule has 1 unspecified atom stereocenters. The summed E-state index contributed by atoms with van der Waals surface area (Å²) in [7, 11) is 0. The van der Waals surface area contributed by atoms with Crippen LogP contribution in [0.4, 0.5) is 13.2 Å². The van der Waals surface area contributed by atoms with Gasteiger partial charge in [0, 0.05) is 6.42 Å². The number of ketones is 1. The van der Waals surface area contributed by atoms with Gasteiger partial charge in [-0.25, -0.2) is 0 Å². The third-order valence-corrected chi connectivity index (χ3v) is 4.05. The molecule has 134 valence electrons. The number of Topliss-reactive ketones (excluding diaryl/α,β-unsaturated/α-hetero) is 1. The first-order chi connectivity index (χ1) is 10.9. The van der Waals surface area contributed by atoms with Crippen molar-refractivity contribution in [3.63, 3.8) is 0 Å². The molecule has 0 saturated heterocycles. The van der Waals surface area contributed by atoms with Crippen LogP contribution >= 0.6 is 0 Å². The Labute approximate surface area is 138 Å². The number of benzene rings is 1. The van der Waals surface area contributed by atoms with E-state index in [4.69, 9.17) is 5.11 Å². The van der Waals surface area contributed by atoms with Crippen molar-refractivity contribution in [2.75, 3.05) is 0 Å². The number of rotatable bonds is 8. The molecule has 7 heteroatoms. The lowest BCUT2D eigenvalue weighted by Crippen LogP contribution is -2.38. The summed E-state index contributed by atoms with van der Waals surface area (Å²) in [4.78, 5) is 22.2. The second kappa shape index (κ2) is 7.79. The minimum absolute atomic E-state index is 0.154. The molecule has 0 aliphatic carbocycles. The van der Waals surface area contributed by atoms with Gasteiger partial charge in [-0.1, -0.05) is 26.0 Å². The van der Waals surface area contributed by atoms with Crippen LogP contribution in [0.1, 0.15) is 44.2 Å². The Hall–Kier alpha value is -1.89. The highest BCUT2D eigenvalue weighted by Crippen LogP contribution is 2.31. The lowest BCUT2D eigenvalue weighted by Gasteiger charge is -2.31. The number of hydrogen-bond donors (Lipinski definition) is 2. The summed E-state index contributed by atoms with van der Waals surface area (Å²) >= 11 is 0. The minimum Gasteiger partial charge on any atom is -0.481 e. The molecule has 0 aliphatic heterocycles. The smallest absolute Gasteiger partial charge is 0.416 e. The summed E-state index contributed by atoms with van der Waals surface area (Å²) in [5.41, 5.74) is -1.54. The van der Waals surface area contributed by atoms with Gasteiger partial charge in [0.2, 0.25) is 0 Å². The zero-order valence-corrected chi connectivity index (χ0v) is 13.6. The molecule has 24 heavy (non-hydrogen) atoms. The highest BCUT2D eigenvalue weighted by molar-refractivity contribution is 5.95. The van der Waals surface area contributed by atoms with E-state index >= 15 is 0 Å². The van der Waals surface area contributed by atoms with Crippen molar-refractivity contribution in [3.05, 3.63) is 35.4 Å². The fraction of sp³-hybridized carbons (Fsp3) is 0.529. The molecule has 1 aromatic carbocycles. The Morgan fingerprint density at radius 3 is 2.08 bits per heavy atom. The Kier molecular flexibility index (Phi) is 6.54. The Bertz CT molecular complexity index is 578. The number of carbonyl (C=O) groups is 2. The number of aliphatic carboxylic acids is 1. The first kappa shape index (κ1) is 20.2. The number of carboxylic acids is 1. The SMILES string of the molecule is CC(C)C(O)(CCc1ccc(C(F)(F)F)cc1)CC(=O)CC(=O)O. The van der Waals surface area contributed by atoms with Gasteiger partial charge < -0.3 is 10.2 Å². The van der Waals surface area contributed by atoms with E-state index in [1.165, 1.54) is 12.1 Å². The fourth-order valence-electron chi connectivity index (χ4n) is 2.37. The maximum absolute atomic E-state index is 12.5. The van der Waals surface area contributed by atoms with Gasteiger partial charge in [-0.15, -0.1) is 0 Å². The average Bonchev–Trinajstić information content (AvgIpc) is 2.43. The Morgan fingerprint density at radius 2 is 1.67 bits per heavy atom. The Balaban J connectivity index is 2.75. The molecule has 0 aliphatic rings. The molecular weight excluding hydrogens is 325 g/mol. The van der Waals surface area contributed by atoms with E-state index in [1.807, 2.05) is 0 Å². The summed E-state index contributed by atoms with van der Waals surface area (Å²) in [5.74, 6) is -2.13. The van der Waals surface area contributed by atoms with E-state index in [1.54, 1.807) is 13.8 Å². The van der Waals surface area contributed by atoms with Crippen LogP contribution < -0.4 is 0 Å². The lowest BCUT2D eigenvalue weighted by atomic mass is 9.80. The normalized spacial score (nSPS) is 14.5. The second-order valence-electron chi connectivity index (χ2n) is 6.24. The lowest BCUT2D eigenvalue weighted by molar-refractivity contribution is -0.142. The summed E-state index contributed by atoms with van der Waals surface area (Å²) in [6.07, 6.45) is -4.91. The van der Waals surface area contributed by atoms with Gasteiger partial charge in [0.05, 0.1) is 11.2 Å². The molecule has 1 atom stereocenters. The summed E-state index contributed by atoms with van der Waals surface area (Å²) in [6.45, 7) is 3.42. The molecule has 1 aromatic rings. The van der Waals surface area contributed by atoms with E-state index in [2.05, 4.69) is 0 Å². The first-order valence-corrected chi connectivity index (χ1v) is 7.56. The number of aryl methyl sites for hydroxylation is 1. The topological polar surface area (TPSA) is 74.6 Å². The predicted molar refractivity (Wildman–Crippen MR) is 81.4 cm³/mol. The summed E-state index contributed by atoms with van der Waals surface area (Å²) < 4.78 is 37.6. The summed E-state index contributed by atoms with van der Waals surface area (Å²) in [6, 6.07) is 4.62. The quantitative estimate of drug-likeness (QED) is 0.707. The number of aliphatic hydroxyl groups is 1. The van der Waals surface area contributed by atoms with Crippen molar-refractivity contribution in [3.8, 4) is 0 Å². The molecule has 0 spiro atoms. The van der Waals surface area contributed by atoms with E-state index in [0.29, 0.717) is 5.56 Å². The number of carbonyl (C=O) groups excluding carboxylic acids is 1. The van der Waals surface area contributed by atoms with Crippen LogP contribution in [-0.4, -0.2) is 27.6 Å². The minimum atomic E-state index is -4.40. The molecule has 0 bridgehead atoms. The van der Waals surface area contributed by atoms with Crippen LogP contribution in [0.3, 0.4) is 0 Å². The maximum atomic E-state index is 12.5. The molecule has 1 rings (SSSR count). The van der Waals surface area contributed by atoms with Crippen molar-refractivity contribution < 1.29 is 33.0 Å². The highest BCUT2D eigenvalue weighted by Gasteiger charge is 2.34. The number of hydrogen-bond acceptors (Lipinski definition) is 3. The van der Waals surface area contributed by atoms with Crippen molar-refractivity contribution in [1.29, 1.82) is 0 Å². The summed E-state index contributed by atoms with van der Waals surface area (Å²) in [5, 5.41) is 19.2. The molecule has 0 saturated carbocycles. The number of alkyl halides is 3. The van der Waals surface area contributed by atoms with Gasteiger partial charge in [0.15, 0.2) is 0 Å². The number of halogens is 3. The van der Waals surface area contributed by atoms with Crippen molar-refractivity contribution >= 4 is 11.8 Å². The van der Waals surface area contributed by atoms with Gasteiger partial charge in [0.25, 0.3) is 0 Å². The molecular formula is C17H21F3O4. The number of carboxylic acid groups (broad SMARTS) is 1. The maximum Gasteiger partial charge on any atom is 0.416 e. The van der Waals surface area contributed by atoms with Gasteiger partial charge in [-0.3, -0.25) is 9.59 Å². The van der Waals surface area contributed by atoms with Gasteiger partial charge >= 0.3 is 12.1 Å². The van der Waals surface area contributed by atoms with Crippen molar-refractivity contribution in [2.45, 2.75) is 51.3 Å². The van der Waals surface area contributed by atoms with E-state index in [0.717, 1.165) is 12.1 Å². The van der Waals surface area contributed by atoms with Crippen LogP contribution in [0.15, 0.2) is 24.3 Å². The van der Waals surface area contributed by atoms with Crippen LogP contribution in [0.5, 0.6) is 0 Å². The van der Waals surface area contributed by atoms with Gasteiger partial charge in [-0.2, -0.15) is 13.2 Å². The van der Waals surface area contributed by atoms with E-state index < -0.39 is 35.5 Å². The molecule has 0 amide bonds. The van der Waals surface area contributed by atoms with Gasteiger partial charge in [-0.05, 0) is 36.5 Å². The third kappa shape index (κ3) is 5.96. The van der Waals surface area contributed by atoms with E-state index in [9.17, 15) is 27.9 Å². The van der Waals surface area contributed by atoms with Crippen molar-refractivity contribution in [2.24, 2.45) is 5.92 Å². The Morgan fingerprint density at radius 1 is 1.12 bits per heavy atom. The monoisotopic (exact) mass is 346 g/mol. The van der Waals surface area contributed by atoms with Crippen LogP contribution in [-0.2, 0) is 22.2 Å². The molecule has 0 aromatic heterocycles.